The first-order valence-electron chi connectivity index (χ1n) is 6.69. The van der Waals surface area contributed by atoms with Gasteiger partial charge in [-0.05, 0) is 42.7 Å². The number of aliphatic hydroxyl groups is 1. The summed E-state index contributed by atoms with van der Waals surface area (Å²) in [4.78, 5) is 21.9. The molecule has 5 heteroatoms. The summed E-state index contributed by atoms with van der Waals surface area (Å²) in [6.45, 7) is 0. The molecule has 0 radical (unpaired) electrons. The predicted molar refractivity (Wildman–Crippen MR) is 71.3 cm³/mol. The Kier molecular flexibility index (Phi) is 4.39. The number of aliphatic hydroxyl groups excluding tert-OH is 1. The van der Waals surface area contributed by atoms with E-state index in [4.69, 9.17) is 10.2 Å². The second-order valence-corrected chi connectivity index (χ2v) is 5.34. The van der Waals surface area contributed by atoms with Crippen molar-refractivity contribution in [3.05, 3.63) is 35.4 Å². The number of carbonyl (C=O) groups is 2. The molecule has 1 aromatic rings. The Morgan fingerprint density at radius 1 is 1.15 bits per heavy atom. The molecule has 108 valence electrons. The van der Waals surface area contributed by atoms with Crippen LogP contribution in [-0.4, -0.2) is 33.4 Å². The summed E-state index contributed by atoms with van der Waals surface area (Å²) in [6, 6.07) is 8.01. The number of hydrogen-bond acceptors (Lipinski definition) is 3. The highest BCUT2D eigenvalue weighted by Gasteiger charge is 2.34. The molecule has 0 aliphatic heterocycles. The largest absolute Gasteiger partial charge is 0.481 e. The second kappa shape index (κ2) is 6.05. The van der Waals surface area contributed by atoms with Gasteiger partial charge in [0.1, 0.15) is 0 Å². The van der Waals surface area contributed by atoms with Crippen LogP contribution in [0.4, 0.5) is 0 Å². The second-order valence-electron chi connectivity index (χ2n) is 5.34. The van der Waals surface area contributed by atoms with Crippen LogP contribution < -0.4 is 0 Å². The van der Waals surface area contributed by atoms with Gasteiger partial charge in [0.15, 0.2) is 6.10 Å². The maximum absolute atomic E-state index is 11.1. The molecule has 5 nitrogen and oxygen atoms in total. The van der Waals surface area contributed by atoms with Gasteiger partial charge in [0, 0.05) is 0 Å². The predicted octanol–water partition coefficient (Wildman–Crippen LogP) is 1.33. The maximum atomic E-state index is 11.1. The van der Waals surface area contributed by atoms with E-state index in [2.05, 4.69) is 6.07 Å². The van der Waals surface area contributed by atoms with Crippen molar-refractivity contribution >= 4 is 11.9 Å². The van der Waals surface area contributed by atoms with Gasteiger partial charge < -0.3 is 15.3 Å². The van der Waals surface area contributed by atoms with Gasteiger partial charge in [-0.2, -0.15) is 0 Å². The molecule has 3 N–H and O–H groups in total. The van der Waals surface area contributed by atoms with E-state index in [1.54, 1.807) is 0 Å². The Morgan fingerprint density at radius 3 is 2.40 bits per heavy atom. The third-order valence-electron chi connectivity index (χ3n) is 3.99. The Balaban J connectivity index is 2.06. The minimum absolute atomic E-state index is 0.0972. The van der Waals surface area contributed by atoms with Crippen molar-refractivity contribution in [2.45, 2.75) is 31.8 Å². The monoisotopic (exact) mass is 278 g/mol. The van der Waals surface area contributed by atoms with Crippen LogP contribution in [0.1, 0.15) is 24.0 Å². The van der Waals surface area contributed by atoms with E-state index in [1.807, 2.05) is 18.2 Å². The Hall–Kier alpha value is -1.88. The number of aliphatic carboxylic acids is 2. The van der Waals surface area contributed by atoms with Gasteiger partial charge in [0.05, 0.1) is 5.92 Å². The fourth-order valence-corrected chi connectivity index (χ4v) is 2.87. The minimum atomic E-state index is -1.84. The van der Waals surface area contributed by atoms with Gasteiger partial charge in [0.2, 0.25) is 0 Å². The van der Waals surface area contributed by atoms with Crippen LogP contribution in [0.25, 0.3) is 0 Å². The van der Waals surface area contributed by atoms with Crippen molar-refractivity contribution in [3.63, 3.8) is 0 Å². The van der Waals surface area contributed by atoms with Crippen molar-refractivity contribution in [1.82, 2.24) is 0 Å². The Labute approximate surface area is 116 Å². The SMILES string of the molecule is O=C(O)[C@@H](O)[C@@H](C[C@H]1CCc2ccccc2C1)C(=O)O. The van der Waals surface area contributed by atoms with E-state index in [0.29, 0.717) is 0 Å². The Bertz CT molecular complexity index is 511. The van der Waals surface area contributed by atoms with Gasteiger partial charge >= 0.3 is 11.9 Å². The molecule has 0 aromatic heterocycles. The maximum Gasteiger partial charge on any atom is 0.333 e. The molecular formula is C15H18O5. The quantitative estimate of drug-likeness (QED) is 0.755. The topological polar surface area (TPSA) is 94.8 Å². The van der Waals surface area contributed by atoms with Crippen LogP contribution in [-0.2, 0) is 22.4 Å². The molecule has 1 aliphatic rings. The van der Waals surface area contributed by atoms with Gasteiger partial charge in [-0.3, -0.25) is 4.79 Å². The molecule has 2 rings (SSSR count). The molecule has 1 aromatic carbocycles. The first kappa shape index (κ1) is 14.5. The lowest BCUT2D eigenvalue weighted by Crippen LogP contribution is -2.36. The van der Waals surface area contributed by atoms with Crippen LogP contribution in [0.5, 0.6) is 0 Å². The molecule has 3 atom stereocenters. The number of hydrogen-bond donors (Lipinski definition) is 3. The number of carboxylic acid groups (broad SMARTS) is 2. The zero-order valence-electron chi connectivity index (χ0n) is 11.0. The normalized spacial score (nSPS) is 20.8. The summed E-state index contributed by atoms with van der Waals surface area (Å²) in [5, 5.41) is 27.4. The molecule has 0 fully saturated rings. The number of benzene rings is 1. The Morgan fingerprint density at radius 2 is 1.80 bits per heavy atom. The van der Waals surface area contributed by atoms with E-state index < -0.39 is 24.0 Å². The molecule has 0 amide bonds. The van der Waals surface area contributed by atoms with Gasteiger partial charge in [-0.15, -0.1) is 0 Å². The summed E-state index contributed by atoms with van der Waals surface area (Å²) in [5.41, 5.74) is 2.46. The van der Waals surface area contributed by atoms with Crippen LogP contribution in [0.2, 0.25) is 0 Å². The zero-order chi connectivity index (χ0) is 14.7. The molecule has 0 bridgehead atoms. The van der Waals surface area contributed by atoms with Crippen molar-refractivity contribution < 1.29 is 24.9 Å². The van der Waals surface area contributed by atoms with Crippen LogP contribution in [0.15, 0.2) is 24.3 Å². The highest BCUT2D eigenvalue weighted by atomic mass is 16.4. The average Bonchev–Trinajstić information content (AvgIpc) is 2.43. The number of fused-ring (bicyclic) bond motifs is 1. The molecule has 0 saturated heterocycles. The fraction of sp³-hybridized carbons (Fsp3) is 0.467. The van der Waals surface area contributed by atoms with E-state index in [0.717, 1.165) is 19.3 Å². The molecule has 0 spiro atoms. The van der Waals surface area contributed by atoms with E-state index >= 15 is 0 Å². The highest BCUT2D eigenvalue weighted by molar-refractivity contribution is 5.81. The summed E-state index contributed by atoms with van der Waals surface area (Å²) in [5.74, 6) is -3.88. The van der Waals surface area contributed by atoms with E-state index in [-0.39, 0.29) is 12.3 Å². The fourth-order valence-electron chi connectivity index (χ4n) is 2.87. The highest BCUT2D eigenvalue weighted by Crippen LogP contribution is 2.30. The lowest BCUT2D eigenvalue weighted by molar-refractivity contribution is -0.160. The molecule has 0 saturated carbocycles. The first-order valence-corrected chi connectivity index (χ1v) is 6.69. The van der Waals surface area contributed by atoms with Crippen molar-refractivity contribution in [1.29, 1.82) is 0 Å². The summed E-state index contributed by atoms with van der Waals surface area (Å²) in [6.07, 6.45) is 0.789. The van der Waals surface area contributed by atoms with E-state index in [9.17, 15) is 14.7 Å². The van der Waals surface area contributed by atoms with Gasteiger partial charge in [0.25, 0.3) is 0 Å². The average molecular weight is 278 g/mol. The number of rotatable bonds is 5. The van der Waals surface area contributed by atoms with Crippen LogP contribution in [0, 0.1) is 11.8 Å². The molecule has 0 unspecified atom stereocenters. The molecule has 0 heterocycles. The van der Waals surface area contributed by atoms with Crippen molar-refractivity contribution in [3.8, 4) is 0 Å². The van der Waals surface area contributed by atoms with Gasteiger partial charge in [-0.25, -0.2) is 4.79 Å². The van der Waals surface area contributed by atoms with Crippen LogP contribution in [0.3, 0.4) is 0 Å². The van der Waals surface area contributed by atoms with Gasteiger partial charge in [-0.1, -0.05) is 24.3 Å². The molecule has 20 heavy (non-hydrogen) atoms. The standard InChI is InChI=1S/C15H18O5/c16-13(15(19)20)12(14(17)18)8-9-5-6-10-3-1-2-4-11(10)7-9/h1-4,9,12-13,16H,5-8H2,(H,17,18)(H,19,20)/t9-,12+,13-/m0/s1. The zero-order valence-corrected chi connectivity index (χ0v) is 11.0. The number of carboxylic acids is 2. The van der Waals surface area contributed by atoms with Crippen LogP contribution >= 0.6 is 0 Å². The first-order chi connectivity index (χ1) is 9.49. The number of aryl methyl sites for hydroxylation is 1. The lowest BCUT2D eigenvalue weighted by Gasteiger charge is -2.27. The van der Waals surface area contributed by atoms with Crippen molar-refractivity contribution in [2.75, 3.05) is 0 Å². The minimum Gasteiger partial charge on any atom is -0.481 e. The smallest absolute Gasteiger partial charge is 0.333 e. The summed E-state index contributed by atoms with van der Waals surface area (Å²) < 4.78 is 0. The lowest BCUT2D eigenvalue weighted by atomic mass is 9.78. The third-order valence-corrected chi connectivity index (χ3v) is 3.99. The summed E-state index contributed by atoms with van der Waals surface area (Å²) >= 11 is 0. The van der Waals surface area contributed by atoms with Crippen molar-refractivity contribution in [2.24, 2.45) is 11.8 Å². The molecular weight excluding hydrogens is 260 g/mol. The van der Waals surface area contributed by atoms with E-state index in [1.165, 1.54) is 11.1 Å². The summed E-state index contributed by atoms with van der Waals surface area (Å²) in [7, 11) is 0. The third kappa shape index (κ3) is 3.17. The molecule has 1 aliphatic carbocycles.